The maximum Gasteiger partial charge on any atom is 0.411 e. The first-order valence-corrected chi connectivity index (χ1v) is 8.16. The second-order valence-electron chi connectivity index (χ2n) is 4.38. The molecular formula is C15H12BrNO6S. The Morgan fingerprint density at radius 2 is 2.00 bits per heavy atom. The molecule has 2 aromatic rings. The predicted molar refractivity (Wildman–Crippen MR) is 92.0 cm³/mol. The van der Waals surface area contributed by atoms with Gasteiger partial charge in [-0.25, -0.2) is 9.59 Å². The van der Waals surface area contributed by atoms with Gasteiger partial charge in [-0.15, -0.1) is 11.3 Å². The van der Waals surface area contributed by atoms with Crippen LogP contribution < -0.4 is 10.1 Å². The number of thiophene rings is 1. The minimum atomic E-state index is -1.14. The minimum Gasteiger partial charge on any atom is -0.483 e. The van der Waals surface area contributed by atoms with E-state index in [0.29, 0.717) is 21.3 Å². The third-order valence-corrected chi connectivity index (χ3v) is 5.11. The zero-order valence-corrected chi connectivity index (χ0v) is 14.8. The van der Waals surface area contributed by atoms with Crippen LogP contribution in [0.2, 0.25) is 0 Å². The Balaban J connectivity index is 2.36. The van der Waals surface area contributed by atoms with E-state index in [9.17, 15) is 19.5 Å². The van der Waals surface area contributed by atoms with Crippen molar-refractivity contribution in [1.29, 1.82) is 0 Å². The largest absolute Gasteiger partial charge is 0.483 e. The van der Waals surface area contributed by atoms with Crippen LogP contribution in [0, 0.1) is 0 Å². The van der Waals surface area contributed by atoms with Crippen LogP contribution in [-0.4, -0.2) is 37.2 Å². The van der Waals surface area contributed by atoms with E-state index in [4.69, 9.17) is 4.74 Å². The first-order chi connectivity index (χ1) is 11.5. The van der Waals surface area contributed by atoms with Gasteiger partial charge in [0.15, 0.2) is 16.9 Å². The van der Waals surface area contributed by atoms with Crippen LogP contribution in [0.25, 0.3) is 10.4 Å². The van der Waals surface area contributed by atoms with Crippen LogP contribution in [0.15, 0.2) is 28.7 Å². The molecule has 0 atom stereocenters. The first kappa shape index (κ1) is 18.0. The monoisotopic (exact) mass is 413 g/mol. The molecule has 7 nitrogen and oxygen atoms in total. The quantitative estimate of drug-likeness (QED) is 0.700. The summed E-state index contributed by atoms with van der Waals surface area (Å²) >= 11 is 4.35. The maximum atomic E-state index is 11.4. The van der Waals surface area contributed by atoms with Crippen molar-refractivity contribution in [2.24, 2.45) is 0 Å². The van der Waals surface area contributed by atoms with Crippen LogP contribution >= 0.6 is 27.3 Å². The van der Waals surface area contributed by atoms with Gasteiger partial charge in [-0.05, 0) is 33.6 Å². The summed E-state index contributed by atoms with van der Waals surface area (Å²) in [4.78, 5) is 33.6. The van der Waals surface area contributed by atoms with Crippen molar-refractivity contribution in [3.63, 3.8) is 0 Å². The summed E-state index contributed by atoms with van der Waals surface area (Å²) in [5.41, 5.74) is 1.26. The Morgan fingerprint density at radius 1 is 1.33 bits per heavy atom. The highest BCUT2D eigenvalue weighted by Gasteiger charge is 2.23. The van der Waals surface area contributed by atoms with Gasteiger partial charge in [0.25, 0.3) is 0 Å². The highest BCUT2D eigenvalue weighted by atomic mass is 79.9. The van der Waals surface area contributed by atoms with Crippen molar-refractivity contribution >= 4 is 51.3 Å². The number of aldehydes is 1. The van der Waals surface area contributed by atoms with Gasteiger partial charge in [0, 0.05) is 5.69 Å². The number of ether oxygens (including phenoxy) is 2. The molecule has 1 amide bonds. The Hall–Kier alpha value is -2.39. The number of rotatable bonds is 6. The number of carbonyl (C=O) groups excluding carboxylic acids is 2. The topological polar surface area (TPSA) is 102 Å². The molecule has 0 fully saturated rings. The Morgan fingerprint density at radius 3 is 2.54 bits per heavy atom. The van der Waals surface area contributed by atoms with Gasteiger partial charge in [0.05, 0.1) is 16.5 Å². The number of hydrogen-bond acceptors (Lipinski definition) is 6. The molecule has 1 heterocycles. The summed E-state index contributed by atoms with van der Waals surface area (Å²) in [6, 6.07) is 6.75. The SMILES string of the molecule is COC(=O)Nc1ccc(-c2sc(C(=O)O)c(OCC=O)c2Br)cc1. The number of carboxylic acids is 1. The lowest BCUT2D eigenvalue weighted by Gasteiger charge is -2.05. The molecule has 2 rings (SSSR count). The summed E-state index contributed by atoms with van der Waals surface area (Å²) < 4.78 is 10.2. The number of halogens is 1. The molecule has 2 N–H and O–H groups in total. The molecule has 126 valence electrons. The standard InChI is InChI=1S/C15H12BrNO6S/c1-22-15(21)17-9-4-2-8(3-5-9)12-10(16)11(23-7-6-18)13(24-12)14(19)20/h2-6H,7H2,1H3,(H,17,21)(H,19,20). The van der Waals surface area contributed by atoms with Crippen LogP contribution in [0.4, 0.5) is 10.5 Å². The lowest BCUT2D eigenvalue weighted by Crippen LogP contribution is -2.10. The fourth-order valence-corrected chi connectivity index (χ4v) is 3.74. The summed E-state index contributed by atoms with van der Waals surface area (Å²) in [5.74, 6) is -1.02. The number of aromatic carboxylic acids is 1. The van der Waals surface area contributed by atoms with Crippen LogP contribution in [0.3, 0.4) is 0 Å². The highest BCUT2D eigenvalue weighted by Crippen LogP contribution is 2.45. The van der Waals surface area contributed by atoms with E-state index in [1.165, 1.54) is 7.11 Å². The van der Waals surface area contributed by atoms with E-state index < -0.39 is 12.1 Å². The number of amides is 1. The van der Waals surface area contributed by atoms with E-state index in [-0.39, 0.29) is 17.2 Å². The van der Waals surface area contributed by atoms with Crippen LogP contribution in [0.5, 0.6) is 5.75 Å². The second-order valence-corrected chi connectivity index (χ2v) is 6.19. The summed E-state index contributed by atoms with van der Waals surface area (Å²) in [6.45, 7) is -0.239. The molecule has 0 aliphatic carbocycles. The van der Waals surface area contributed by atoms with Crippen molar-refractivity contribution in [1.82, 2.24) is 0 Å². The summed E-state index contributed by atoms with van der Waals surface area (Å²) in [5, 5.41) is 11.8. The van der Waals surface area contributed by atoms with Crippen molar-refractivity contribution in [2.75, 3.05) is 19.0 Å². The molecule has 0 saturated heterocycles. The summed E-state index contributed by atoms with van der Waals surface area (Å²) in [7, 11) is 1.26. The third kappa shape index (κ3) is 3.92. The fourth-order valence-electron chi connectivity index (χ4n) is 1.84. The van der Waals surface area contributed by atoms with E-state index in [1.807, 2.05) is 0 Å². The molecule has 24 heavy (non-hydrogen) atoms. The molecule has 1 aromatic heterocycles. The van der Waals surface area contributed by atoms with Crippen molar-refractivity contribution in [3.05, 3.63) is 33.6 Å². The van der Waals surface area contributed by atoms with Crippen molar-refractivity contribution in [2.45, 2.75) is 0 Å². The van der Waals surface area contributed by atoms with Crippen molar-refractivity contribution < 1.29 is 29.0 Å². The smallest absolute Gasteiger partial charge is 0.411 e. The van der Waals surface area contributed by atoms with Gasteiger partial charge in [-0.1, -0.05) is 12.1 Å². The van der Waals surface area contributed by atoms with Crippen LogP contribution in [0.1, 0.15) is 9.67 Å². The molecule has 9 heteroatoms. The van der Waals surface area contributed by atoms with Gasteiger partial charge < -0.3 is 14.6 Å². The van der Waals surface area contributed by atoms with Crippen LogP contribution in [-0.2, 0) is 9.53 Å². The zero-order chi connectivity index (χ0) is 17.7. The lowest BCUT2D eigenvalue weighted by atomic mass is 10.1. The number of hydrogen-bond donors (Lipinski definition) is 2. The molecule has 0 spiro atoms. The van der Waals surface area contributed by atoms with E-state index >= 15 is 0 Å². The molecule has 0 saturated carbocycles. The van der Waals surface area contributed by atoms with Gasteiger partial charge in [-0.3, -0.25) is 10.1 Å². The minimum absolute atomic E-state index is 0.00418. The molecule has 1 aromatic carbocycles. The molecule has 0 aliphatic rings. The molecule has 0 radical (unpaired) electrons. The Labute approximate surface area is 149 Å². The average Bonchev–Trinajstić information content (AvgIpc) is 2.90. The second kappa shape index (κ2) is 7.93. The molecule has 0 bridgehead atoms. The maximum absolute atomic E-state index is 11.4. The lowest BCUT2D eigenvalue weighted by molar-refractivity contribution is -0.109. The van der Waals surface area contributed by atoms with Gasteiger partial charge in [-0.2, -0.15) is 0 Å². The fraction of sp³-hybridized carbons (Fsp3) is 0.133. The zero-order valence-electron chi connectivity index (χ0n) is 12.4. The number of anilines is 1. The van der Waals surface area contributed by atoms with Crippen molar-refractivity contribution in [3.8, 4) is 16.2 Å². The molecular weight excluding hydrogens is 402 g/mol. The van der Waals surface area contributed by atoms with E-state index in [1.54, 1.807) is 24.3 Å². The van der Waals surface area contributed by atoms with Gasteiger partial charge >= 0.3 is 12.1 Å². The molecule has 0 unspecified atom stereocenters. The van der Waals surface area contributed by atoms with Gasteiger partial charge in [0.1, 0.15) is 6.61 Å². The number of benzene rings is 1. The number of methoxy groups -OCH3 is 1. The van der Waals surface area contributed by atoms with E-state index in [2.05, 4.69) is 26.0 Å². The number of carbonyl (C=O) groups is 3. The Kier molecular flexibility index (Phi) is 5.93. The molecule has 0 aliphatic heterocycles. The third-order valence-electron chi connectivity index (χ3n) is 2.88. The van der Waals surface area contributed by atoms with E-state index in [0.717, 1.165) is 16.9 Å². The first-order valence-electron chi connectivity index (χ1n) is 6.55. The predicted octanol–water partition coefficient (Wildman–Crippen LogP) is 3.63. The normalized spacial score (nSPS) is 10.1. The average molecular weight is 414 g/mol. The van der Waals surface area contributed by atoms with Gasteiger partial charge in [0.2, 0.25) is 0 Å². The number of carboxylic acid groups (broad SMARTS) is 1. The highest BCUT2D eigenvalue weighted by molar-refractivity contribution is 9.10. The Bertz CT molecular complexity index is 771. The number of nitrogens with one attached hydrogen (secondary N) is 1. The summed E-state index contributed by atoms with van der Waals surface area (Å²) in [6.07, 6.45) is -0.0411.